The van der Waals surface area contributed by atoms with E-state index >= 15 is 0 Å². The molecule has 3 heteroatoms. The molecule has 1 aromatic heterocycles. The third-order valence-corrected chi connectivity index (χ3v) is 5.35. The van der Waals surface area contributed by atoms with Crippen molar-refractivity contribution in [1.82, 2.24) is 14.5 Å². The third kappa shape index (κ3) is 4.03. The zero-order chi connectivity index (χ0) is 16.1. The van der Waals surface area contributed by atoms with E-state index in [-0.39, 0.29) is 0 Å². The molecule has 1 saturated heterocycles. The summed E-state index contributed by atoms with van der Waals surface area (Å²) in [6, 6.07) is 12.0. The van der Waals surface area contributed by atoms with E-state index < -0.39 is 0 Å². The predicted molar refractivity (Wildman–Crippen MR) is 95.5 cm³/mol. The van der Waals surface area contributed by atoms with Gasteiger partial charge < -0.3 is 4.57 Å². The van der Waals surface area contributed by atoms with Crippen LogP contribution in [-0.4, -0.2) is 33.6 Å². The molecule has 1 aliphatic heterocycles. The van der Waals surface area contributed by atoms with Crippen LogP contribution in [-0.2, 0) is 6.42 Å². The van der Waals surface area contributed by atoms with Crippen LogP contribution in [0, 0.1) is 5.92 Å². The highest BCUT2D eigenvalue weighted by molar-refractivity contribution is 5.14. The summed E-state index contributed by atoms with van der Waals surface area (Å²) >= 11 is 0. The van der Waals surface area contributed by atoms with Gasteiger partial charge >= 0.3 is 0 Å². The second-order valence-electron chi connectivity index (χ2n) is 6.99. The number of aryl methyl sites for hydroxylation is 1. The van der Waals surface area contributed by atoms with E-state index in [0.29, 0.717) is 12.1 Å². The Bertz CT molecular complexity index is 564. The summed E-state index contributed by atoms with van der Waals surface area (Å²) in [5.41, 5.74) is 1.46. The summed E-state index contributed by atoms with van der Waals surface area (Å²) in [7, 11) is 0. The van der Waals surface area contributed by atoms with Gasteiger partial charge in [0.15, 0.2) is 0 Å². The van der Waals surface area contributed by atoms with Crippen LogP contribution < -0.4 is 0 Å². The van der Waals surface area contributed by atoms with Crippen molar-refractivity contribution in [3.8, 4) is 0 Å². The fraction of sp³-hybridized carbons (Fsp3) is 0.550. The van der Waals surface area contributed by atoms with Gasteiger partial charge in [-0.05, 0) is 57.2 Å². The van der Waals surface area contributed by atoms with Crippen LogP contribution in [0.5, 0.6) is 0 Å². The summed E-state index contributed by atoms with van der Waals surface area (Å²) in [6.07, 6.45) is 11.1. The molecule has 0 aliphatic carbocycles. The first-order chi connectivity index (χ1) is 11.3. The average molecular weight is 311 g/mol. The zero-order valence-corrected chi connectivity index (χ0v) is 14.4. The van der Waals surface area contributed by atoms with Crippen LogP contribution in [0.2, 0.25) is 0 Å². The van der Waals surface area contributed by atoms with Gasteiger partial charge in [-0.25, -0.2) is 4.98 Å². The van der Waals surface area contributed by atoms with Crippen LogP contribution in [0.15, 0.2) is 49.1 Å². The second kappa shape index (κ2) is 7.78. The number of rotatable bonds is 6. The summed E-state index contributed by atoms with van der Waals surface area (Å²) in [5.74, 6) is 0.748. The van der Waals surface area contributed by atoms with Crippen LogP contribution in [0.25, 0.3) is 0 Å². The lowest BCUT2D eigenvalue weighted by molar-refractivity contribution is 0.0645. The van der Waals surface area contributed by atoms with E-state index in [4.69, 9.17) is 0 Å². The molecule has 0 spiro atoms. The van der Waals surface area contributed by atoms with Gasteiger partial charge in [-0.3, -0.25) is 4.90 Å². The van der Waals surface area contributed by atoms with E-state index in [1.807, 2.05) is 12.5 Å². The molecular weight excluding hydrogens is 282 g/mol. The largest absolute Gasteiger partial charge is 0.333 e. The molecule has 0 radical (unpaired) electrons. The fourth-order valence-corrected chi connectivity index (χ4v) is 4.16. The molecule has 3 unspecified atom stereocenters. The number of imidazole rings is 1. The molecule has 1 fully saturated rings. The first-order valence-electron chi connectivity index (χ1n) is 9.01. The van der Waals surface area contributed by atoms with Crippen LogP contribution in [0.1, 0.15) is 44.7 Å². The standard InChI is InChI=1S/C20H29N3/c1-17-8-6-13-22(14-7-11-19-9-4-3-5-10-19)20(17)18(2)23-15-12-21-16-23/h3-5,9-10,12,15-18,20H,6-8,11,13-14H2,1-2H3. The van der Waals surface area contributed by atoms with Crippen molar-refractivity contribution in [1.29, 1.82) is 0 Å². The molecule has 3 nitrogen and oxygen atoms in total. The van der Waals surface area contributed by atoms with Gasteiger partial charge in [-0.1, -0.05) is 37.3 Å². The Balaban J connectivity index is 1.61. The topological polar surface area (TPSA) is 21.1 Å². The number of nitrogens with zero attached hydrogens (tertiary/aromatic N) is 3. The highest BCUT2D eigenvalue weighted by Crippen LogP contribution is 2.31. The smallest absolute Gasteiger partial charge is 0.0948 e. The fourth-order valence-electron chi connectivity index (χ4n) is 4.16. The first-order valence-corrected chi connectivity index (χ1v) is 9.01. The Hall–Kier alpha value is -1.61. The van der Waals surface area contributed by atoms with E-state index in [0.717, 1.165) is 5.92 Å². The maximum absolute atomic E-state index is 4.23. The quantitative estimate of drug-likeness (QED) is 0.798. The summed E-state index contributed by atoms with van der Waals surface area (Å²) in [6.45, 7) is 7.20. The molecule has 0 saturated carbocycles. The maximum Gasteiger partial charge on any atom is 0.0948 e. The Morgan fingerprint density at radius 2 is 2.09 bits per heavy atom. The number of aromatic nitrogens is 2. The Labute approximate surface area is 140 Å². The third-order valence-electron chi connectivity index (χ3n) is 5.35. The minimum Gasteiger partial charge on any atom is -0.333 e. The lowest BCUT2D eigenvalue weighted by Gasteiger charge is -2.43. The monoisotopic (exact) mass is 311 g/mol. The molecule has 124 valence electrons. The number of hydrogen-bond acceptors (Lipinski definition) is 2. The van der Waals surface area contributed by atoms with E-state index in [2.05, 4.69) is 64.8 Å². The van der Waals surface area contributed by atoms with E-state index in [9.17, 15) is 0 Å². The van der Waals surface area contributed by atoms with E-state index in [1.165, 1.54) is 44.3 Å². The van der Waals surface area contributed by atoms with Crippen molar-refractivity contribution in [3.63, 3.8) is 0 Å². The molecule has 2 heterocycles. The number of benzene rings is 1. The van der Waals surface area contributed by atoms with Crippen LogP contribution in [0.3, 0.4) is 0 Å². The molecule has 1 aliphatic rings. The van der Waals surface area contributed by atoms with Crippen molar-refractivity contribution in [3.05, 3.63) is 54.6 Å². The normalized spacial score (nSPS) is 23.7. The van der Waals surface area contributed by atoms with Gasteiger partial charge in [0.2, 0.25) is 0 Å². The molecule has 3 rings (SSSR count). The average Bonchev–Trinajstić information content (AvgIpc) is 3.10. The van der Waals surface area contributed by atoms with Gasteiger partial charge in [0, 0.05) is 24.5 Å². The lowest BCUT2D eigenvalue weighted by Crippen LogP contribution is -2.48. The highest BCUT2D eigenvalue weighted by Gasteiger charge is 2.32. The predicted octanol–water partition coefficient (Wildman–Crippen LogP) is 4.18. The van der Waals surface area contributed by atoms with Crippen LogP contribution >= 0.6 is 0 Å². The molecule has 0 N–H and O–H groups in total. The Kier molecular flexibility index (Phi) is 5.50. The molecule has 23 heavy (non-hydrogen) atoms. The number of likely N-dealkylation sites (tertiary alicyclic amines) is 1. The Morgan fingerprint density at radius 1 is 1.26 bits per heavy atom. The molecule has 2 aromatic rings. The van der Waals surface area contributed by atoms with Gasteiger partial charge in [-0.2, -0.15) is 0 Å². The minimum absolute atomic E-state index is 0.490. The van der Waals surface area contributed by atoms with Crippen molar-refractivity contribution in [2.75, 3.05) is 13.1 Å². The van der Waals surface area contributed by atoms with Gasteiger partial charge in [0.1, 0.15) is 0 Å². The minimum atomic E-state index is 0.490. The molecule has 1 aromatic carbocycles. The summed E-state index contributed by atoms with van der Waals surface area (Å²) in [5, 5.41) is 0. The van der Waals surface area contributed by atoms with Gasteiger partial charge in [0.25, 0.3) is 0 Å². The molecule has 0 amide bonds. The van der Waals surface area contributed by atoms with Crippen molar-refractivity contribution in [2.45, 2.75) is 51.6 Å². The van der Waals surface area contributed by atoms with Gasteiger partial charge in [-0.15, -0.1) is 0 Å². The number of hydrogen-bond donors (Lipinski definition) is 0. The van der Waals surface area contributed by atoms with Crippen LogP contribution in [0.4, 0.5) is 0 Å². The molecular formula is C20H29N3. The van der Waals surface area contributed by atoms with Crippen molar-refractivity contribution in [2.24, 2.45) is 5.92 Å². The highest BCUT2D eigenvalue weighted by atomic mass is 15.2. The maximum atomic E-state index is 4.23. The lowest BCUT2D eigenvalue weighted by atomic mass is 9.86. The van der Waals surface area contributed by atoms with Crippen molar-refractivity contribution >= 4 is 0 Å². The summed E-state index contributed by atoms with van der Waals surface area (Å²) < 4.78 is 2.27. The number of piperidine rings is 1. The Morgan fingerprint density at radius 3 is 2.83 bits per heavy atom. The van der Waals surface area contributed by atoms with E-state index in [1.54, 1.807) is 0 Å². The second-order valence-corrected chi connectivity index (χ2v) is 6.99. The zero-order valence-electron chi connectivity index (χ0n) is 14.4. The SMILES string of the molecule is CC1CCCN(CCCc2ccccc2)C1C(C)n1ccnc1. The molecule has 0 bridgehead atoms. The van der Waals surface area contributed by atoms with Gasteiger partial charge in [0.05, 0.1) is 6.33 Å². The first kappa shape index (κ1) is 16.3. The van der Waals surface area contributed by atoms with Crippen molar-refractivity contribution < 1.29 is 0 Å². The molecule has 3 atom stereocenters. The summed E-state index contributed by atoms with van der Waals surface area (Å²) in [4.78, 5) is 6.96.